The van der Waals surface area contributed by atoms with Crippen LogP contribution in [0.3, 0.4) is 0 Å². The normalized spacial score (nSPS) is 37.2. The fourth-order valence-electron chi connectivity index (χ4n) is 4.25. The van der Waals surface area contributed by atoms with Crippen molar-refractivity contribution in [3.05, 3.63) is 11.3 Å². The number of esters is 1. The third-order valence-electron chi connectivity index (χ3n) is 5.10. The Morgan fingerprint density at radius 2 is 2.15 bits per heavy atom. The molecule has 2 aliphatic heterocycles. The predicted molar refractivity (Wildman–Crippen MR) is 71.4 cm³/mol. The molecule has 1 amide bonds. The van der Waals surface area contributed by atoms with Crippen molar-refractivity contribution < 1.29 is 19.4 Å². The average Bonchev–Trinajstić information content (AvgIpc) is 2.69. The quantitative estimate of drug-likeness (QED) is 0.606. The number of fused-ring (bicyclic) bond motifs is 3. The van der Waals surface area contributed by atoms with Crippen LogP contribution < -0.4 is 0 Å². The highest BCUT2D eigenvalue weighted by atomic mass is 16.5. The first-order valence-electron chi connectivity index (χ1n) is 7.32. The maximum Gasteiger partial charge on any atom is 0.354 e. The monoisotopic (exact) mass is 279 g/mol. The van der Waals surface area contributed by atoms with E-state index in [9.17, 15) is 14.7 Å². The van der Waals surface area contributed by atoms with Crippen molar-refractivity contribution in [1.82, 2.24) is 4.90 Å². The molecular formula is C15H21NO4. The molecule has 0 bridgehead atoms. The van der Waals surface area contributed by atoms with E-state index in [4.69, 9.17) is 4.74 Å². The van der Waals surface area contributed by atoms with Crippen molar-refractivity contribution in [2.45, 2.75) is 45.3 Å². The first-order chi connectivity index (χ1) is 9.49. The molecule has 0 aromatic carbocycles. The first kappa shape index (κ1) is 13.6. The van der Waals surface area contributed by atoms with Gasteiger partial charge in [-0.05, 0) is 31.3 Å². The Hall–Kier alpha value is -1.36. The number of carbonyl (C=O) groups excluding carboxylic acids is 2. The number of methoxy groups -OCH3 is 1. The van der Waals surface area contributed by atoms with Gasteiger partial charge in [0.25, 0.3) is 0 Å². The molecule has 3 rings (SSSR count). The molecule has 5 nitrogen and oxygen atoms in total. The Morgan fingerprint density at radius 3 is 2.75 bits per heavy atom. The summed E-state index contributed by atoms with van der Waals surface area (Å²) >= 11 is 0. The summed E-state index contributed by atoms with van der Waals surface area (Å²) in [6.07, 6.45) is 2.46. The number of aliphatic hydroxyl groups is 1. The van der Waals surface area contributed by atoms with Gasteiger partial charge >= 0.3 is 5.97 Å². The molecule has 0 aromatic heterocycles. The number of β-lactam (4-membered cyclic amide) rings is 1. The minimum absolute atomic E-state index is 0.0469. The third kappa shape index (κ3) is 1.59. The smallest absolute Gasteiger partial charge is 0.354 e. The van der Waals surface area contributed by atoms with Gasteiger partial charge in [-0.1, -0.05) is 13.3 Å². The maximum atomic E-state index is 12.3. The molecule has 1 N–H and O–H groups in total. The van der Waals surface area contributed by atoms with Gasteiger partial charge in [0.2, 0.25) is 5.91 Å². The molecule has 1 saturated heterocycles. The van der Waals surface area contributed by atoms with Gasteiger partial charge in [0.05, 0.1) is 25.2 Å². The second kappa shape index (κ2) is 4.58. The van der Waals surface area contributed by atoms with Crippen LogP contribution >= 0.6 is 0 Å². The molecule has 5 atom stereocenters. The van der Waals surface area contributed by atoms with Crippen molar-refractivity contribution in [3.63, 3.8) is 0 Å². The lowest BCUT2D eigenvalue weighted by atomic mass is 9.70. The van der Waals surface area contributed by atoms with E-state index >= 15 is 0 Å². The minimum Gasteiger partial charge on any atom is -0.464 e. The molecule has 0 aromatic rings. The Labute approximate surface area is 118 Å². The number of ether oxygens (including phenoxy) is 1. The number of aliphatic hydroxyl groups excluding tert-OH is 1. The molecule has 2 fully saturated rings. The van der Waals surface area contributed by atoms with Gasteiger partial charge in [-0.2, -0.15) is 0 Å². The lowest BCUT2D eigenvalue weighted by Gasteiger charge is -2.47. The number of hydrogen-bond acceptors (Lipinski definition) is 4. The van der Waals surface area contributed by atoms with Crippen LogP contribution in [0.25, 0.3) is 0 Å². The van der Waals surface area contributed by atoms with Crippen LogP contribution in [0.4, 0.5) is 0 Å². The molecule has 1 aliphatic carbocycles. The summed E-state index contributed by atoms with van der Waals surface area (Å²) in [6.45, 7) is 3.76. The first-order valence-corrected chi connectivity index (χ1v) is 7.32. The highest BCUT2D eigenvalue weighted by molar-refractivity contribution is 6.00. The molecule has 5 heteroatoms. The van der Waals surface area contributed by atoms with Crippen molar-refractivity contribution in [1.29, 1.82) is 0 Å². The summed E-state index contributed by atoms with van der Waals surface area (Å²) in [4.78, 5) is 26.0. The van der Waals surface area contributed by atoms with Crippen LogP contribution in [0.1, 0.15) is 33.1 Å². The van der Waals surface area contributed by atoms with Crippen LogP contribution in [0.15, 0.2) is 11.3 Å². The highest BCUT2D eigenvalue weighted by Gasteiger charge is 2.61. The van der Waals surface area contributed by atoms with E-state index < -0.39 is 12.1 Å². The average molecular weight is 279 g/mol. The number of rotatable bonds is 2. The van der Waals surface area contributed by atoms with Gasteiger partial charge in [0.1, 0.15) is 5.70 Å². The maximum absolute atomic E-state index is 12.3. The molecular weight excluding hydrogens is 258 g/mol. The fourth-order valence-corrected chi connectivity index (χ4v) is 4.25. The van der Waals surface area contributed by atoms with Crippen molar-refractivity contribution >= 4 is 11.9 Å². The van der Waals surface area contributed by atoms with Crippen molar-refractivity contribution in [2.75, 3.05) is 7.11 Å². The molecule has 0 spiro atoms. The molecule has 110 valence electrons. The largest absolute Gasteiger partial charge is 0.464 e. The van der Waals surface area contributed by atoms with E-state index in [0.717, 1.165) is 24.8 Å². The lowest BCUT2D eigenvalue weighted by molar-refractivity contribution is -0.164. The molecule has 2 heterocycles. The van der Waals surface area contributed by atoms with Gasteiger partial charge < -0.3 is 14.7 Å². The van der Waals surface area contributed by atoms with Crippen LogP contribution in [0, 0.1) is 17.8 Å². The zero-order valence-corrected chi connectivity index (χ0v) is 12.1. The van der Waals surface area contributed by atoms with E-state index in [0.29, 0.717) is 11.6 Å². The van der Waals surface area contributed by atoms with Crippen LogP contribution in [-0.4, -0.2) is 41.1 Å². The van der Waals surface area contributed by atoms with Gasteiger partial charge in [0, 0.05) is 5.92 Å². The second-order valence-corrected chi connectivity index (χ2v) is 6.20. The van der Waals surface area contributed by atoms with Gasteiger partial charge in [-0.25, -0.2) is 4.79 Å². The van der Waals surface area contributed by atoms with Gasteiger partial charge in [-0.15, -0.1) is 0 Å². The summed E-state index contributed by atoms with van der Waals surface area (Å²) in [5.74, 6) is -0.415. The van der Waals surface area contributed by atoms with Crippen LogP contribution in [0.5, 0.6) is 0 Å². The van der Waals surface area contributed by atoms with Crippen LogP contribution in [0.2, 0.25) is 0 Å². The molecule has 20 heavy (non-hydrogen) atoms. The van der Waals surface area contributed by atoms with Crippen molar-refractivity contribution in [3.8, 4) is 0 Å². The molecule has 1 saturated carbocycles. The second-order valence-electron chi connectivity index (χ2n) is 6.20. The summed E-state index contributed by atoms with van der Waals surface area (Å²) in [5, 5.41) is 9.85. The Kier molecular flexibility index (Phi) is 3.12. The summed E-state index contributed by atoms with van der Waals surface area (Å²) in [7, 11) is 1.35. The Morgan fingerprint density at radius 1 is 1.45 bits per heavy atom. The minimum atomic E-state index is -0.667. The summed E-state index contributed by atoms with van der Waals surface area (Å²) in [6, 6.07) is -0.0469. The SMILES string of the molecule is COC(=O)C1=C2C(C)CCCC2C2C(C(C)O)C(=O)N12. The molecule has 5 unspecified atom stereocenters. The lowest BCUT2D eigenvalue weighted by Crippen LogP contribution is -2.64. The molecule has 0 radical (unpaired) electrons. The zero-order chi connectivity index (χ0) is 14.6. The third-order valence-corrected chi connectivity index (χ3v) is 5.10. The number of carbonyl (C=O) groups is 2. The van der Waals surface area contributed by atoms with Crippen LogP contribution in [-0.2, 0) is 14.3 Å². The summed E-state index contributed by atoms with van der Waals surface area (Å²) in [5.41, 5.74) is 1.53. The zero-order valence-electron chi connectivity index (χ0n) is 12.1. The highest BCUT2D eigenvalue weighted by Crippen LogP contribution is 2.53. The fraction of sp³-hybridized carbons (Fsp3) is 0.733. The van der Waals surface area contributed by atoms with Gasteiger partial charge in [0.15, 0.2) is 0 Å². The predicted octanol–water partition coefficient (Wildman–Crippen LogP) is 1.07. The van der Waals surface area contributed by atoms with Gasteiger partial charge in [-0.3, -0.25) is 4.79 Å². The summed E-state index contributed by atoms with van der Waals surface area (Å²) < 4.78 is 4.87. The number of hydrogen-bond donors (Lipinski definition) is 1. The van der Waals surface area contributed by atoms with E-state index in [1.54, 1.807) is 11.8 Å². The standard InChI is InChI=1S/C15H21NO4/c1-7-5-4-6-9-10(7)13(15(19)20-3)16-12(9)11(8(2)17)14(16)18/h7-9,11-12,17H,4-6H2,1-3H3. The topological polar surface area (TPSA) is 66.8 Å². The number of amides is 1. The Balaban J connectivity index is 2.04. The van der Waals surface area contributed by atoms with Crippen molar-refractivity contribution in [2.24, 2.45) is 17.8 Å². The van der Waals surface area contributed by atoms with E-state index in [-0.39, 0.29) is 23.8 Å². The van der Waals surface area contributed by atoms with E-state index in [1.807, 2.05) is 0 Å². The van der Waals surface area contributed by atoms with E-state index in [2.05, 4.69) is 6.92 Å². The Bertz CT molecular complexity index is 496. The number of nitrogens with zero attached hydrogens (tertiary/aromatic N) is 1. The van der Waals surface area contributed by atoms with E-state index in [1.165, 1.54) is 7.11 Å². The molecule has 3 aliphatic rings.